The molecule has 0 N–H and O–H groups in total. The van der Waals surface area contributed by atoms with Gasteiger partial charge in [-0.05, 0) is 28.8 Å². The van der Waals surface area contributed by atoms with Gasteiger partial charge < -0.3 is 4.74 Å². The molecular formula is C13H20BrClOSi. The van der Waals surface area contributed by atoms with Crippen LogP contribution in [0, 0.1) is 0 Å². The van der Waals surface area contributed by atoms with Crippen molar-refractivity contribution >= 4 is 36.3 Å². The topological polar surface area (TPSA) is 9.23 Å². The van der Waals surface area contributed by atoms with Gasteiger partial charge in [0.25, 0.3) is 0 Å². The summed E-state index contributed by atoms with van der Waals surface area (Å²) in [5.41, 5.74) is 1.07. The lowest BCUT2D eigenvalue weighted by molar-refractivity contribution is 0.276. The van der Waals surface area contributed by atoms with E-state index >= 15 is 0 Å². The molecule has 0 heterocycles. The van der Waals surface area contributed by atoms with Crippen molar-refractivity contribution < 1.29 is 4.74 Å². The zero-order valence-electron chi connectivity index (χ0n) is 10.9. The lowest BCUT2D eigenvalue weighted by Crippen LogP contribution is -2.27. The maximum atomic E-state index is 6.06. The van der Waals surface area contributed by atoms with Crippen molar-refractivity contribution in [2.45, 2.75) is 37.3 Å². The molecule has 0 aromatic heterocycles. The summed E-state index contributed by atoms with van der Waals surface area (Å²) in [6.45, 7) is 10.1. The number of benzene rings is 1. The first-order chi connectivity index (χ1) is 7.86. The Morgan fingerprint density at radius 1 is 1.35 bits per heavy atom. The van der Waals surface area contributed by atoms with E-state index in [1.807, 2.05) is 18.2 Å². The minimum atomic E-state index is -0.711. The number of hydrogen-bond acceptors (Lipinski definition) is 1. The Balaban J connectivity index is 2.70. The van der Waals surface area contributed by atoms with Crippen LogP contribution in [-0.4, -0.2) is 15.4 Å². The van der Waals surface area contributed by atoms with Crippen molar-refractivity contribution in [1.29, 1.82) is 0 Å². The highest BCUT2D eigenvalue weighted by Gasteiger charge is 2.24. The van der Waals surface area contributed by atoms with Gasteiger partial charge in [-0.1, -0.05) is 54.5 Å². The lowest BCUT2D eigenvalue weighted by atomic mass is 10.2. The smallest absolute Gasteiger partial charge is 0.119 e. The van der Waals surface area contributed by atoms with Crippen molar-refractivity contribution in [3.05, 3.63) is 28.8 Å². The Morgan fingerprint density at radius 3 is 2.53 bits per heavy atom. The van der Waals surface area contributed by atoms with Crippen LogP contribution in [0.1, 0.15) is 19.4 Å². The monoisotopic (exact) mass is 334 g/mol. The third kappa shape index (κ3) is 4.31. The zero-order chi connectivity index (χ0) is 13.1. The van der Waals surface area contributed by atoms with Crippen LogP contribution < -0.4 is 4.74 Å². The first kappa shape index (κ1) is 15.1. The third-order valence-electron chi connectivity index (χ3n) is 3.33. The van der Waals surface area contributed by atoms with E-state index in [9.17, 15) is 0 Å². The van der Waals surface area contributed by atoms with E-state index < -0.39 is 8.80 Å². The van der Waals surface area contributed by atoms with Crippen LogP contribution in [0.5, 0.6) is 5.75 Å². The van der Waals surface area contributed by atoms with Crippen molar-refractivity contribution in [3.8, 4) is 5.75 Å². The molecule has 0 spiro atoms. The highest BCUT2D eigenvalue weighted by atomic mass is 79.9. The van der Waals surface area contributed by atoms with E-state index in [0.717, 1.165) is 28.3 Å². The van der Waals surface area contributed by atoms with Gasteiger partial charge >= 0.3 is 0 Å². The van der Waals surface area contributed by atoms with Crippen molar-refractivity contribution in [1.82, 2.24) is 0 Å². The Hall–Kier alpha value is 0.00688. The number of hydrogen-bond donors (Lipinski definition) is 0. The van der Waals surface area contributed by atoms with Gasteiger partial charge in [0, 0.05) is 19.1 Å². The molecule has 0 bridgehead atoms. The Kier molecular flexibility index (Phi) is 5.54. The highest BCUT2D eigenvalue weighted by molar-refractivity contribution is 9.08. The average molecular weight is 336 g/mol. The Labute approximate surface area is 119 Å². The van der Waals surface area contributed by atoms with Crippen LogP contribution >= 0.6 is 27.5 Å². The van der Waals surface area contributed by atoms with E-state index in [-0.39, 0.29) is 0 Å². The SMILES string of the molecule is C[SiH](C)C(C)(C)COc1ccc(Cl)c(CBr)c1. The predicted molar refractivity (Wildman–Crippen MR) is 82.5 cm³/mol. The summed E-state index contributed by atoms with van der Waals surface area (Å²) < 4.78 is 5.88. The molecule has 0 unspecified atom stereocenters. The van der Waals surface area contributed by atoms with Crippen LogP contribution in [-0.2, 0) is 5.33 Å². The molecule has 0 radical (unpaired) electrons. The van der Waals surface area contributed by atoms with Gasteiger partial charge in [0.15, 0.2) is 0 Å². The predicted octanol–water partition coefficient (Wildman–Crippen LogP) is 4.88. The van der Waals surface area contributed by atoms with E-state index in [1.165, 1.54) is 0 Å². The second-order valence-corrected chi connectivity index (χ2v) is 10.2. The minimum Gasteiger partial charge on any atom is -0.493 e. The minimum absolute atomic E-state index is 0.314. The summed E-state index contributed by atoms with van der Waals surface area (Å²) in [7, 11) is -0.711. The normalized spacial score (nSPS) is 11.9. The standard InChI is InChI=1S/C13H20BrClOSi/c1-13(2,17(3)4)9-16-11-5-6-12(15)10(7-11)8-14/h5-7,17H,8-9H2,1-4H3. The van der Waals surface area contributed by atoms with Crippen LogP contribution in [0.15, 0.2) is 18.2 Å². The molecule has 1 aromatic rings. The number of rotatable bonds is 5. The summed E-state index contributed by atoms with van der Waals surface area (Å²) in [6.07, 6.45) is 0. The van der Waals surface area contributed by atoms with Crippen LogP contribution in [0.4, 0.5) is 0 Å². The molecule has 17 heavy (non-hydrogen) atoms. The summed E-state index contributed by atoms with van der Waals surface area (Å²) >= 11 is 9.48. The highest BCUT2D eigenvalue weighted by Crippen LogP contribution is 2.30. The van der Waals surface area contributed by atoms with Gasteiger partial charge in [0.2, 0.25) is 0 Å². The average Bonchev–Trinajstić information content (AvgIpc) is 2.28. The fourth-order valence-electron chi connectivity index (χ4n) is 1.18. The number of alkyl halides is 1. The second kappa shape index (κ2) is 6.25. The van der Waals surface area contributed by atoms with Crippen LogP contribution in [0.2, 0.25) is 23.2 Å². The summed E-state index contributed by atoms with van der Waals surface area (Å²) in [4.78, 5) is 0. The van der Waals surface area contributed by atoms with Gasteiger partial charge in [-0.3, -0.25) is 0 Å². The molecule has 0 saturated carbocycles. The van der Waals surface area contributed by atoms with Gasteiger partial charge in [-0.25, -0.2) is 0 Å². The van der Waals surface area contributed by atoms with Crippen molar-refractivity contribution in [3.63, 3.8) is 0 Å². The molecule has 1 rings (SSSR count). The molecule has 0 fully saturated rings. The van der Waals surface area contributed by atoms with Gasteiger partial charge in [0.1, 0.15) is 5.75 Å². The molecule has 0 atom stereocenters. The molecule has 1 aromatic carbocycles. The van der Waals surface area contributed by atoms with Crippen molar-refractivity contribution in [2.24, 2.45) is 0 Å². The molecule has 1 nitrogen and oxygen atoms in total. The summed E-state index contributed by atoms with van der Waals surface area (Å²) in [5, 5.41) is 1.85. The van der Waals surface area contributed by atoms with Gasteiger partial charge in [0.05, 0.1) is 6.61 Å². The van der Waals surface area contributed by atoms with Crippen LogP contribution in [0.25, 0.3) is 0 Å². The lowest BCUT2D eigenvalue weighted by Gasteiger charge is -2.28. The molecule has 0 aliphatic carbocycles. The first-order valence-electron chi connectivity index (χ1n) is 5.84. The van der Waals surface area contributed by atoms with E-state index in [0.29, 0.717) is 5.04 Å². The maximum absolute atomic E-state index is 6.06. The molecule has 0 aliphatic heterocycles. The second-order valence-electron chi connectivity index (χ2n) is 5.32. The van der Waals surface area contributed by atoms with Crippen molar-refractivity contribution in [2.75, 3.05) is 6.61 Å². The third-order valence-corrected chi connectivity index (χ3v) is 7.60. The first-order valence-corrected chi connectivity index (χ1v) is 10.2. The zero-order valence-corrected chi connectivity index (χ0v) is 14.4. The van der Waals surface area contributed by atoms with Gasteiger partial charge in [-0.15, -0.1) is 0 Å². The fraction of sp³-hybridized carbons (Fsp3) is 0.538. The van der Waals surface area contributed by atoms with E-state index in [1.54, 1.807) is 0 Å². The van der Waals surface area contributed by atoms with E-state index in [2.05, 4.69) is 42.9 Å². The Morgan fingerprint density at radius 2 is 2.00 bits per heavy atom. The number of ether oxygens (including phenoxy) is 1. The van der Waals surface area contributed by atoms with Gasteiger partial charge in [-0.2, -0.15) is 0 Å². The summed E-state index contributed by atoms with van der Waals surface area (Å²) in [5.74, 6) is 0.909. The molecular weight excluding hydrogens is 316 g/mol. The molecule has 96 valence electrons. The number of halogens is 2. The fourth-order valence-corrected chi connectivity index (χ4v) is 2.41. The largest absolute Gasteiger partial charge is 0.493 e. The maximum Gasteiger partial charge on any atom is 0.119 e. The van der Waals surface area contributed by atoms with E-state index in [4.69, 9.17) is 16.3 Å². The van der Waals surface area contributed by atoms with Crippen LogP contribution in [0.3, 0.4) is 0 Å². The molecule has 0 aliphatic rings. The molecule has 4 heteroatoms. The molecule has 0 amide bonds. The quantitative estimate of drug-likeness (QED) is 0.550. The Bertz CT molecular complexity index is 380. The summed E-state index contributed by atoms with van der Waals surface area (Å²) in [6, 6.07) is 5.84. The molecule has 0 saturated heterocycles.